The summed E-state index contributed by atoms with van der Waals surface area (Å²) in [5, 5.41) is 2.82. The molecule has 0 bridgehead atoms. The molecule has 11 heteroatoms. The second-order valence-electron chi connectivity index (χ2n) is 9.20. The van der Waals surface area contributed by atoms with Gasteiger partial charge in [-0.05, 0) is 67.4 Å². The van der Waals surface area contributed by atoms with Gasteiger partial charge in [-0.25, -0.2) is 8.42 Å². The number of methoxy groups -OCH3 is 3. The Morgan fingerprint density at radius 1 is 0.878 bits per heavy atom. The monoisotopic (exact) mass is 583 g/mol. The number of hydrogen-bond acceptors (Lipinski definition) is 7. The number of rotatable bonds is 14. The van der Waals surface area contributed by atoms with E-state index in [0.717, 1.165) is 16.3 Å². The number of para-hydroxylation sites is 2. The predicted molar refractivity (Wildman–Crippen MR) is 157 cm³/mol. The molecule has 3 aromatic rings. The van der Waals surface area contributed by atoms with Crippen molar-refractivity contribution in [2.24, 2.45) is 0 Å². The van der Waals surface area contributed by atoms with Crippen LogP contribution in [0.3, 0.4) is 0 Å². The molecule has 0 fully saturated rings. The average molecular weight is 584 g/mol. The normalized spacial score (nSPS) is 11.7. The smallest absolute Gasteiger partial charge is 0.264 e. The van der Waals surface area contributed by atoms with E-state index < -0.39 is 28.5 Å². The first-order valence-corrected chi connectivity index (χ1v) is 14.6. The lowest BCUT2D eigenvalue weighted by Gasteiger charge is -2.32. The molecule has 1 atom stereocenters. The maximum Gasteiger partial charge on any atom is 0.264 e. The van der Waals surface area contributed by atoms with Crippen molar-refractivity contribution in [1.29, 1.82) is 0 Å². The van der Waals surface area contributed by atoms with Gasteiger partial charge < -0.3 is 24.4 Å². The molecule has 0 heterocycles. The predicted octanol–water partition coefficient (Wildman–Crippen LogP) is 3.85. The van der Waals surface area contributed by atoms with Gasteiger partial charge in [0.25, 0.3) is 10.0 Å². The number of benzene rings is 3. The lowest BCUT2D eigenvalue weighted by Crippen LogP contribution is -2.51. The third-order valence-electron chi connectivity index (χ3n) is 6.48. The van der Waals surface area contributed by atoms with Crippen LogP contribution in [-0.2, 0) is 26.2 Å². The highest BCUT2D eigenvalue weighted by molar-refractivity contribution is 7.92. The molecule has 0 aliphatic rings. The molecule has 0 spiro atoms. The minimum absolute atomic E-state index is 0.0370. The molecule has 0 aliphatic carbocycles. The van der Waals surface area contributed by atoms with E-state index in [2.05, 4.69) is 5.32 Å². The molecule has 1 N–H and O–H groups in total. The fourth-order valence-corrected chi connectivity index (χ4v) is 5.59. The molecule has 0 saturated heterocycles. The summed E-state index contributed by atoms with van der Waals surface area (Å²) in [4.78, 5) is 28.4. The van der Waals surface area contributed by atoms with Gasteiger partial charge in [0.15, 0.2) is 0 Å². The fraction of sp³-hybridized carbons (Fsp3) is 0.333. The van der Waals surface area contributed by atoms with E-state index in [9.17, 15) is 18.0 Å². The van der Waals surface area contributed by atoms with Crippen LogP contribution in [0.1, 0.15) is 25.8 Å². The van der Waals surface area contributed by atoms with Crippen LogP contribution in [0.25, 0.3) is 0 Å². The van der Waals surface area contributed by atoms with Gasteiger partial charge in [0.1, 0.15) is 29.8 Å². The zero-order chi connectivity index (χ0) is 30.0. The maximum absolute atomic E-state index is 14.0. The molecule has 10 nitrogen and oxygen atoms in total. The van der Waals surface area contributed by atoms with Gasteiger partial charge in [0.05, 0.1) is 31.9 Å². The summed E-state index contributed by atoms with van der Waals surface area (Å²) < 4.78 is 45.0. The molecule has 3 aromatic carbocycles. The third-order valence-corrected chi connectivity index (χ3v) is 8.26. The first kappa shape index (κ1) is 31.3. The number of ether oxygens (including phenoxy) is 3. The van der Waals surface area contributed by atoms with Gasteiger partial charge in [0.2, 0.25) is 11.8 Å². The highest BCUT2D eigenvalue weighted by Gasteiger charge is 2.33. The van der Waals surface area contributed by atoms with Gasteiger partial charge in [-0.1, -0.05) is 31.2 Å². The van der Waals surface area contributed by atoms with Crippen LogP contribution in [0.2, 0.25) is 0 Å². The molecular formula is C30H37N3O7S. The molecule has 220 valence electrons. The number of anilines is 1. The number of carbonyl (C=O) groups excluding carboxylic acids is 2. The van der Waals surface area contributed by atoms with Crippen molar-refractivity contribution in [3.8, 4) is 17.2 Å². The van der Waals surface area contributed by atoms with E-state index in [0.29, 0.717) is 18.0 Å². The van der Waals surface area contributed by atoms with Crippen molar-refractivity contribution < 1.29 is 32.2 Å². The molecule has 0 aliphatic heterocycles. The van der Waals surface area contributed by atoms with Crippen LogP contribution in [0.4, 0.5) is 5.69 Å². The number of hydrogen-bond donors (Lipinski definition) is 1. The van der Waals surface area contributed by atoms with Gasteiger partial charge in [-0.3, -0.25) is 13.9 Å². The number of amides is 2. The minimum Gasteiger partial charge on any atom is -0.497 e. The number of nitrogens with one attached hydrogen (secondary N) is 1. The number of nitrogens with zero attached hydrogens (tertiary/aromatic N) is 2. The zero-order valence-electron chi connectivity index (χ0n) is 24.0. The zero-order valence-corrected chi connectivity index (χ0v) is 24.8. The number of carbonyl (C=O) groups is 2. The minimum atomic E-state index is -4.25. The lowest BCUT2D eigenvalue weighted by molar-refractivity contribution is -0.139. The molecule has 3 rings (SSSR count). The van der Waals surface area contributed by atoms with Crippen LogP contribution < -0.4 is 23.8 Å². The SMILES string of the molecule is CCCNC(=O)C(C)N(Cc1cccc(OC)c1)C(=O)CN(c1ccccc1OC)S(=O)(=O)c1ccc(OC)cc1. The van der Waals surface area contributed by atoms with Gasteiger partial charge >= 0.3 is 0 Å². The first-order chi connectivity index (χ1) is 19.7. The van der Waals surface area contributed by atoms with Crippen molar-refractivity contribution in [2.75, 3.05) is 38.7 Å². The van der Waals surface area contributed by atoms with E-state index in [1.54, 1.807) is 49.4 Å². The second-order valence-corrected chi connectivity index (χ2v) is 11.1. The van der Waals surface area contributed by atoms with E-state index in [-0.39, 0.29) is 28.8 Å². The summed E-state index contributed by atoms with van der Waals surface area (Å²) in [6.45, 7) is 3.47. The van der Waals surface area contributed by atoms with E-state index in [4.69, 9.17) is 14.2 Å². The standard InChI is InChI=1S/C30H37N3O7S/c1-6-18-31-30(35)22(2)32(20-23-10-9-11-25(19-23)39-4)29(34)21-33(27-12-7-8-13-28(27)40-5)41(36,37)26-16-14-24(38-3)15-17-26/h7-17,19,22H,6,18,20-21H2,1-5H3,(H,31,35). The quantitative estimate of drug-likeness (QED) is 0.307. The molecule has 0 aromatic heterocycles. The molecule has 1 unspecified atom stereocenters. The van der Waals surface area contributed by atoms with Crippen LogP contribution >= 0.6 is 0 Å². The molecule has 0 saturated carbocycles. The highest BCUT2D eigenvalue weighted by Crippen LogP contribution is 2.33. The Morgan fingerprint density at radius 3 is 2.20 bits per heavy atom. The Bertz CT molecular complexity index is 1430. The molecule has 41 heavy (non-hydrogen) atoms. The summed E-state index contributed by atoms with van der Waals surface area (Å²) >= 11 is 0. The van der Waals surface area contributed by atoms with Crippen molar-refractivity contribution in [3.63, 3.8) is 0 Å². The van der Waals surface area contributed by atoms with Crippen LogP contribution in [-0.4, -0.2) is 65.6 Å². The van der Waals surface area contributed by atoms with E-state index >= 15 is 0 Å². The van der Waals surface area contributed by atoms with Crippen LogP contribution in [0.5, 0.6) is 17.2 Å². The Morgan fingerprint density at radius 2 is 1.56 bits per heavy atom. The summed E-state index contributed by atoms with van der Waals surface area (Å²) in [5.41, 5.74) is 0.901. The summed E-state index contributed by atoms with van der Waals surface area (Å²) in [5.74, 6) is 0.432. The topological polar surface area (TPSA) is 114 Å². The van der Waals surface area contributed by atoms with E-state index in [1.165, 1.54) is 50.5 Å². The first-order valence-electron chi connectivity index (χ1n) is 13.2. The Labute approximate surface area is 241 Å². The van der Waals surface area contributed by atoms with Gasteiger partial charge in [-0.15, -0.1) is 0 Å². The fourth-order valence-electron chi connectivity index (χ4n) is 4.17. The molecule has 0 radical (unpaired) electrons. The Balaban J connectivity index is 2.06. The van der Waals surface area contributed by atoms with Crippen molar-refractivity contribution in [3.05, 3.63) is 78.4 Å². The van der Waals surface area contributed by atoms with Crippen LogP contribution in [0, 0.1) is 0 Å². The van der Waals surface area contributed by atoms with E-state index in [1.807, 2.05) is 13.0 Å². The van der Waals surface area contributed by atoms with Crippen molar-refractivity contribution in [2.45, 2.75) is 37.8 Å². The van der Waals surface area contributed by atoms with Crippen molar-refractivity contribution in [1.82, 2.24) is 10.2 Å². The maximum atomic E-state index is 14.0. The summed E-state index contributed by atoms with van der Waals surface area (Å²) in [6.07, 6.45) is 0.726. The largest absolute Gasteiger partial charge is 0.497 e. The Kier molecular flexibility index (Phi) is 11.0. The number of sulfonamides is 1. The van der Waals surface area contributed by atoms with Gasteiger partial charge in [-0.2, -0.15) is 0 Å². The van der Waals surface area contributed by atoms with Gasteiger partial charge in [0, 0.05) is 13.1 Å². The Hall–Kier alpha value is -4.25. The highest BCUT2D eigenvalue weighted by atomic mass is 32.2. The summed E-state index contributed by atoms with van der Waals surface area (Å²) in [7, 11) is 0.194. The van der Waals surface area contributed by atoms with Crippen LogP contribution in [0.15, 0.2) is 77.7 Å². The van der Waals surface area contributed by atoms with Crippen molar-refractivity contribution >= 4 is 27.5 Å². The average Bonchev–Trinajstić information content (AvgIpc) is 3.00. The second kappa shape index (κ2) is 14.4. The summed E-state index contributed by atoms with van der Waals surface area (Å²) in [6, 6.07) is 18.7. The molecular weight excluding hydrogens is 546 g/mol. The molecule has 2 amide bonds. The third kappa shape index (κ3) is 7.69. The lowest BCUT2D eigenvalue weighted by atomic mass is 10.1.